The molecule has 0 heterocycles. The van der Waals surface area contributed by atoms with E-state index in [2.05, 4.69) is 42.5 Å². The van der Waals surface area contributed by atoms with Gasteiger partial charge in [0.05, 0.1) is 5.56 Å². The van der Waals surface area contributed by atoms with Gasteiger partial charge in [0.2, 0.25) is 0 Å². The van der Waals surface area contributed by atoms with Gasteiger partial charge in [-0.3, -0.25) is 4.79 Å². The Balaban J connectivity index is 1.37. The van der Waals surface area contributed by atoms with Crippen molar-refractivity contribution in [3.8, 4) is 16.9 Å². The number of carboxylic acid groups (broad SMARTS) is 2. The minimum absolute atomic E-state index is 0.184. The number of carboxylic acids is 2. The molecular weight excluding hydrogens is 500 g/mol. The summed E-state index contributed by atoms with van der Waals surface area (Å²) in [6.07, 6.45) is 5.21. The molecule has 0 aliphatic rings. The molecule has 1 unspecified atom stereocenters. The van der Waals surface area contributed by atoms with Gasteiger partial charge in [-0.15, -0.1) is 0 Å². The number of hydrogen-bond donors (Lipinski definition) is 2. The van der Waals surface area contributed by atoms with E-state index in [-0.39, 0.29) is 12.0 Å². The molecule has 0 aliphatic heterocycles. The van der Waals surface area contributed by atoms with Crippen molar-refractivity contribution in [2.24, 2.45) is 5.92 Å². The number of carbonyl (C=O) groups is 2. The summed E-state index contributed by atoms with van der Waals surface area (Å²) in [7, 11) is 0. The first-order valence-corrected chi connectivity index (χ1v) is 13.9. The second-order valence-electron chi connectivity index (χ2n) is 10.2. The minimum Gasteiger partial charge on any atom is -0.489 e. The summed E-state index contributed by atoms with van der Waals surface area (Å²) in [4.78, 5) is 22.2. The van der Waals surface area contributed by atoms with Gasteiger partial charge >= 0.3 is 11.9 Å². The Bertz CT molecular complexity index is 1360. The number of hydrogen-bond acceptors (Lipinski definition) is 3. The molecule has 0 amide bonds. The van der Waals surface area contributed by atoms with Gasteiger partial charge in [-0.2, -0.15) is 0 Å². The van der Waals surface area contributed by atoms with Crippen molar-refractivity contribution < 1.29 is 24.5 Å². The summed E-state index contributed by atoms with van der Waals surface area (Å²) in [5.74, 6) is -0.463. The Morgan fingerprint density at radius 3 is 2.02 bits per heavy atom. The highest BCUT2D eigenvalue weighted by molar-refractivity contribution is 5.87. The van der Waals surface area contributed by atoms with Crippen LogP contribution in [0.1, 0.15) is 59.2 Å². The smallest absolute Gasteiger partial charge is 0.335 e. The molecule has 40 heavy (non-hydrogen) atoms. The fourth-order valence-corrected chi connectivity index (χ4v) is 4.97. The Morgan fingerprint density at radius 1 is 0.675 bits per heavy atom. The number of para-hydroxylation sites is 1. The van der Waals surface area contributed by atoms with Gasteiger partial charge < -0.3 is 14.9 Å². The number of ether oxygens (including phenoxy) is 1. The van der Waals surface area contributed by atoms with Crippen LogP contribution in [0.4, 0.5) is 0 Å². The van der Waals surface area contributed by atoms with Gasteiger partial charge in [0.25, 0.3) is 0 Å². The van der Waals surface area contributed by atoms with Crippen LogP contribution in [0.5, 0.6) is 5.75 Å². The van der Waals surface area contributed by atoms with Crippen molar-refractivity contribution >= 4 is 11.9 Å². The molecule has 4 aromatic rings. The SMILES string of the molecule is O=C(O)CCCCC(CCc1ccccc1OCc1ccc(-c2ccccc2)cc1)Cc1ccc(C(=O)O)cc1. The van der Waals surface area contributed by atoms with Crippen LogP contribution in [-0.4, -0.2) is 22.2 Å². The first-order chi connectivity index (χ1) is 19.5. The Morgan fingerprint density at radius 2 is 1.32 bits per heavy atom. The van der Waals surface area contributed by atoms with Gasteiger partial charge in [0, 0.05) is 6.42 Å². The zero-order chi connectivity index (χ0) is 28.2. The maximum absolute atomic E-state index is 11.2. The number of unbranched alkanes of at least 4 members (excludes halogenated alkanes) is 1. The second-order valence-corrected chi connectivity index (χ2v) is 10.2. The molecule has 0 aromatic heterocycles. The topological polar surface area (TPSA) is 83.8 Å². The number of benzene rings is 4. The summed E-state index contributed by atoms with van der Waals surface area (Å²) in [6.45, 7) is 0.487. The Kier molecular flexibility index (Phi) is 10.5. The molecule has 0 fully saturated rings. The standard InChI is InChI=1S/C35H36O5/c36-34(37)13-7-4-8-26(24-27-15-22-32(23-16-27)35(38)39)14-21-31-11-5-6-12-33(31)40-25-28-17-19-30(20-18-28)29-9-2-1-3-10-29/h1-3,5-6,9-12,15-20,22-23,26H,4,7-8,13-14,21,24-25H2,(H,36,37)(H,38,39). The van der Waals surface area contributed by atoms with Gasteiger partial charge in [-0.25, -0.2) is 4.79 Å². The van der Waals surface area contributed by atoms with E-state index in [9.17, 15) is 14.7 Å². The van der Waals surface area contributed by atoms with Crippen molar-refractivity contribution in [1.29, 1.82) is 0 Å². The first-order valence-electron chi connectivity index (χ1n) is 13.9. The lowest BCUT2D eigenvalue weighted by molar-refractivity contribution is -0.137. The molecule has 4 rings (SSSR count). The molecule has 1 atom stereocenters. The van der Waals surface area contributed by atoms with Crippen LogP contribution in [0, 0.1) is 5.92 Å². The van der Waals surface area contributed by atoms with E-state index in [1.807, 2.05) is 48.5 Å². The molecule has 2 N–H and O–H groups in total. The van der Waals surface area contributed by atoms with Crippen LogP contribution in [-0.2, 0) is 24.2 Å². The highest BCUT2D eigenvalue weighted by Gasteiger charge is 2.14. The third-order valence-electron chi connectivity index (χ3n) is 7.23. The summed E-state index contributed by atoms with van der Waals surface area (Å²) in [5.41, 5.74) is 6.00. The van der Waals surface area contributed by atoms with E-state index in [0.29, 0.717) is 18.9 Å². The van der Waals surface area contributed by atoms with Crippen molar-refractivity contribution in [1.82, 2.24) is 0 Å². The quantitative estimate of drug-likeness (QED) is 0.150. The minimum atomic E-state index is -0.930. The van der Waals surface area contributed by atoms with Gasteiger partial charge in [0.15, 0.2) is 0 Å². The Hall–Kier alpha value is -4.38. The summed E-state index contributed by atoms with van der Waals surface area (Å²) < 4.78 is 6.26. The van der Waals surface area contributed by atoms with Gasteiger partial charge in [-0.1, -0.05) is 97.8 Å². The molecule has 0 radical (unpaired) electrons. The average molecular weight is 537 g/mol. The lowest BCUT2D eigenvalue weighted by atomic mass is 9.88. The third-order valence-corrected chi connectivity index (χ3v) is 7.23. The summed E-state index contributed by atoms with van der Waals surface area (Å²) in [6, 6.07) is 34.0. The second kappa shape index (κ2) is 14.7. The van der Waals surface area contributed by atoms with E-state index in [0.717, 1.165) is 54.5 Å². The summed E-state index contributed by atoms with van der Waals surface area (Å²) >= 11 is 0. The maximum Gasteiger partial charge on any atom is 0.335 e. The molecule has 0 spiro atoms. The van der Waals surface area contributed by atoms with Crippen LogP contribution in [0.25, 0.3) is 11.1 Å². The molecular formula is C35H36O5. The fraction of sp³-hybridized carbons (Fsp3) is 0.257. The van der Waals surface area contributed by atoms with Crippen LogP contribution in [0.15, 0.2) is 103 Å². The maximum atomic E-state index is 11.2. The van der Waals surface area contributed by atoms with Crippen LogP contribution < -0.4 is 4.74 Å². The number of aromatic carboxylic acids is 1. The molecule has 0 bridgehead atoms. The zero-order valence-corrected chi connectivity index (χ0v) is 22.7. The lowest BCUT2D eigenvalue weighted by Gasteiger charge is -2.19. The Labute approximate surface area is 236 Å². The zero-order valence-electron chi connectivity index (χ0n) is 22.7. The van der Waals surface area contributed by atoms with Crippen LogP contribution >= 0.6 is 0 Å². The van der Waals surface area contributed by atoms with Crippen molar-refractivity contribution in [3.05, 3.63) is 125 Å². The number of rotatable bonds is 15. The fourth-order valence-electron chi connectivity index (χ4n) is 4.97. The largest absolute Gasteiger partial charge is 0.489 e. The van der Waals surface area contributed by atoms with Crippen LogP contribution in [0.3, 0.4) is 0 Å². The molecule has 206 valence electrons. The van der Waals surface area contributed by atoms with Gasteiger partial charge in [0.1, 0.15) is 12.4 Å². The number of aliphatic carboxylic acids is 1. The van der Waals surface area contributed by atoms with Crippen LogP contribution in [0.2, 0.25) is 0 Å². The van der Waals surface area contributed by atoms with E-state index in [4.69, 9.17) is 9.84 Å². The van der Waals surface area contributed by atoms with Crippen molar-refractivity contribution in [2.75, 3.05) is 0 Å². The predicted octanol–water partition coefficient (Wildman–Crippen LogP) is 8.07. The molecule has 0 saturated heterocycles. The highest BCUT2D eigenvalue weighted by Crippen LogP contribution is 2.27. The van der Waals surface area contributed by atoms with Crippen molar-refractivity contribution in [2.45, 2.75) is 51.6 Å². The van der Waals surface area contributed by atoms with Crippen molar-refractivity contribution in [3.63, 3.8) is 0 Å². The lowest BCUT2D eigenvalue weighted by Crippen LogP contribution is -2.08. The number of aryl methyl sites for hydroxylation is 1. The van der Waals surface area contributed by atoms with E-state index < -0.39 is 11.9 Å². The van der Waals surface area contributed by atoms with E-state index >= 15 is 0 Å². The third kappa shape index (κ3) is 8.84. The monoisotopic (exact) mass is 536 g/mol. The predicted molar refractivity (Wildman–Crippen MR) is 158 cm³/mol. The summed E-state index contributed by atoms with van der Waals surface area (Å²) in [5, 5.41) is 18.2. The normalized spacial score (nSPS) is 11.6. The molecule has 5 heteroatoms. The molecule has 0 aliphatic carbocycles. The van der Waals surface area contributed by atoms with E-state index in [1.165, 1.54) is 11.1 Å². The average Bonchev–Trinajstić information content (AvgIpc) is 2.98. The van der Waals surface area contributed by atoms with Gasteiger partial charge in [-0.05, 0) is 77.6 Å². The molecule has 0 saturated carbocycles. The highest BCUT2D eigenvalue weighted by atomic mass is 16.5. The van der Waals surface area contributed by atoms with E-state index in [1.54, 1.807) is 12.1 Å². The first kappa shape index (κ1) is 28.6. The molecule has 4 aromatic carbocycles. The molecule has 5 nitrogen and oxygen atoms in total.